The molecule has 0 saturated carbocycles. The zero-order valence-electron chi connectivity index (χ0n) is 86.7. The maximum Gasteiger partial charge on any atom is 0.416 e. The third kappa shape index (κ3) is 26.5. The average molecular weight is 1950 g/mol. The number of halogens is 9. The van der Waals surface area contributed by atoms with E-state index in [0.29, 0.717) is 70.5 Å². The Balaban J connectivity index is 0.000000161. The molecule has 17 heteroatoms. The van der Waals surface area contributed by atoms with E-state index in [2.05, 4.69) is 360 Å². The van der Waals surface area contributed by atoms with Crippen LogP contribution in [-0.2, 0) is 18.5 Å². The fourth-order valence-electron chi connectivity index (χ4n) is 18.8. The molecule has 0 aliphatic heterocycles. The maximum atomic E-state index is 13.5. The molecule has 16 aromatic rings. The number of nitrogens with one attached hydrogen (secondary N) is 4. The summed E-state index contributed by atoms with van der Waals surface area (Å²) in [6, 6.07) is 105. The van der Waals surface area contributed by atoms with Crippen molar-refractivity contribution in [1.82, 2.24) is 19.9 Å². The summed E-state index contributed by atoms with van der Waals surface area (Å²) < 4.78 is 120. The summed E-state index contributed by atoms with van der Waals surface area (Å²) in [6.07, 6.45) is -13.2. The molecule has 5 atom stereocenters. The van der Waals surface area contributed by atoms with Crippen LogP contribution in [0.5, 0.6) is 0 Å². The molecular formula is C127H137F9N8. The molecule has 0 fully saturated rings. The molecule has 4 aromatic heterocycles. The molecule has 4 N–H and O–H groups in total. The van der Waals surface area contributed by atoms with Crippen molar-refractivity contribution in [3.05, 3.63) is 429 Å². The summed E-state index contributed by atoms with van der Waals surface area (Å²) in [6.45, 7) is 46.8. The fraction of sp³-hybridized carbons (Fsp3) is 0.307. The highest BCUT2D eigenvalue weighted by Crippen LogP contribution is 2.47. The van der Waals surface area contributed by atoms with E-state index in [4.69, 9.17) is 15.0 Å². The Hall–Kier alpha value is -13.7. The number of rotatable bonds is 28. The molecule has 144 heavy (non-hydrogen) atoms. The lowest BCUT2D eigenvalue weighted by molar-refractivity contribution is -0.143. The number of anilines is 4. The van der Waals surface area contributed by atoms with Crippen LogP contribution in [0, 0.1) is 11.3 Å². The van der Waals surface area contributed by atoms with Crippen LogP contribution in [0.25, 0.3) is 66.6 Å². The molecule has 5 unspecified atom stereocenters. The number of benzene rings is 12. The van der Waals surface area contributed by atoms with Crippen molar-refractivity contribution in [2.24, 2.45) is 11.3 Å². The minimum absolute atomic E-state index is 0.0121. The van der Waals surface area contributed by atoms with Crippen LogP contribution in [0.15, 0.2) is 334 Å². The second kappa shape index (κ2) is 47.2. The topological polar surface area (TPSA) is 99.7 Å². The van der Waals surface area contributed by atoms with Gasteiger partial charge in [0.15, 0.2) is 0 Å². The minimum Gasteiger partial charge on any atom is -0.376 e. The first-order valence-corrected chi connectivity index (χ1v) is 50.5. The van der Waals surface area contributed by atoms with Gasteiger partial charge in [0.1, 0.15) is 0 Å². The highest BCUT2D eigenvalue weighted by atomic mass is 19.4. The van der Waals surface area contributed by atoms with E-state index in [0.717, 1.165) is 80.7 Å². The molecular weight excluding hydrogens is 1810 g/mol. The monoisotopic (exact) mass is 1950 g/mol. The summed E-state index contributed by atoms with van der Waals surface area (Å²) in [7, 11) is 0. The smallest absolute Gasteiger partial charge is 0.376 e. The number of hydrogen-bond acceptors (Lipinski definition) is 8. The van der Waals surface area contributed by atoms with E-state index < -0.39 is 41.3 Å². The Morgan fingerprint density at radius 2 is 0.535 bits per heavy atom. The predicted molar refractivity (Wildman–Crippen MR) is 583 cm³/mol. The largest absolute Gasteiger partial charge is 0.416 e. The van der Waals surface area contributed by atoms with Crippen LogP contribution in [0.2, 0.25) is 0 Å². The minimum atomic E-state index is -4.95. The van der Waals surface area contributed by atoms with E-state index in [1.807, 2.05) is 84.9 Å². The van der Waals surface area contributed by atoms with Gasteiger partial charge >= 0.3 is 18.5 Å². The molecule has 0 saturated heterocycles. The first-order valence-electron chi connectivity index (χ1n) is 50.5. The molecule has 0 spiro atoms. The van der Waals surface area contributed by atoms with Gasteiger partial charge in [-0.15, -0.1) is 0 Å². The zero-order chi connectivity index (χ0) is 104. The zero-order valence-corrected chi connectivity index (χ0v) is 86.7. The van der Waals surface area contributed by atoms with Gasteiger partial charge < -0.3 is 21.3 Å². The third-order valence-corrected chi connectivity index (χ3v) is 26.8. The molecule has 0 aliphatic rings. The van der Waals surface area contributed by atoms with Gasteiger partial charge in [0, 0.05) is 45.0 Å². The van der Waals surface area contributed by atoms with Crippen molar-refractivity contribution in [2.45, 2.75) is 242 Å². The van der Waals surface area contributed by atoms with Gasteiger partial charge in [-0.25, -0.2) is 0 Å². The van der Waals surface area contributed by atoms with Crippen LogP contribution in [0.1, 0.15) is 318 Å². The van der Waals surface area contributed by atoms with E-state index in [1.165, 1.54) is 95.6 Å². The first kappa shape index (κ1) is 108. The van der Waals surface area contributed by atoms with Gasteiger partial charge in [-0.05, 0) is 215 Å². The molecule has 12 aromatic carbocycles. The number of aromatic nitrogens is 4. The van der Waals surface area contributed by atoms with Gasteiger partial charge in [0.05, 0.1) is 86.4 Å². The molecule has 748 valence electrons. The van der Waals surface area contributed by atoms with Crippen LogP contribution in [0.4, 0.5) is 62.3 Å². The molecule has 4 heterocycles. The van der Waals surface area contributed by atoms with Crippen molar-refractivity contribution in [3.63, 3.8) is 0 Å². The summed E-state index contributed by atoms with van der Waals surface area (Å²) in [5, 5.41) is 20.4. The Morgan fingerprint density at radius 1 is 0.250 bits per heavy atom. The Morgan fingerprint density at radius 3 is 0.882 bits per heavy atom. The molecule has 0 aliphatic carbocycles. The number of alkyl halides is 9. The van der Waals surface area contributed by atoms with Crippen molar-refractivity contribution >= 4 is 44.3 Å². The fourth-order valence-corrected chi connectivity index (χ4v) is 18.8. The SMILES string of the molecule is CC(C)c1cccc(C(C)C)c1NC(c1cccc(-c2cccc3ccccc23)n1)C(C)(C)C.CC(C)c1cccc(C(C)C)c1NC(c1ccccc1)c1cccc(-c2cc(C(F)(F)F)cc(C(F)(F)F)c2)n1.CC(C)c1cccc(C(C)C)c1NC(c1ccccc1)c1cccc(-c2ccc(C(F)(F)F)cc2)n1.CCC(C)C(Nc1c(C(C)C)cccc1C(C)C)c1cccc(-c2cccc3ccccc23)n1. The number of hydrogen-bond donors (Lipinski definition) is 4. The summed E-state index contributed by atoms with van der Waals surface area (Å²) in [5.74, 6) is 3.28. The van der Waals surface area contributed by atoms with Gasteiger partial charge in [-0.2, -0.15) is 39.5 Å². The lowest BCUT2D eigenvalue weighted by Crippen LogP contribution is -2.28. The van der Waals surface area contributed by atoms with Gasteiger partial charge in [-0.3, -0.25) is 19.9 Å². The Labute approximate surface area is 846 Å². The second-order valence-corrected chi connectivity index (χ2v) is 41.1. The second-order valence-electron chi connectivity index (χ2n) is 41.1. The number of para-hydroxylation sites is 4. The van der Waals surface area contributed by atoms with Crippen LogP contribution >= 0.6 is 0 Å². The van der Waals surface area contributed by atoms with Gasteiger partial charge in [0.25, 0.3) is 0 Å². The van der Waals surface area contributed by atoms with E-state index in [-0.39, 0.29) is 52.7 Å². The number of fused-ring (bicyclic) bond motifs is 2. The number of pyridine rings is 4. The highest BCUT2D eigenvalue weighted by Gasteiger charge is 2.39. The van der Waals surface area contributed by atoms with E-state index in [9.17, 15) is 39.5 Å². The van der Waals surface area contributed by atoms with Crippen molar-refractivity contribution in [2.75, 3.05) is 21.3 Å². The average Bonchev–Trinajstić information content (AvgIpc) is 0.793. The van der Waals surface area contributed by atoms with Crippen molar-refractivity contribution < 1.29 is 39.5 Å². The van der Waals surface area contributed by atoms with Crippen LogP contribution < -0.4 is 21.3 Å². The lowest BCUT2D eigenvalue weighted by atomic mass is 9.83. The van der Waals surface area contributed by atoms with E-state index >= 15 is 0 Å². The molecule has 0 amide bonds. The van der Waals surface area contributed by atoms with Crippen LogP contribution in [-0.4, -0.2) is 19.9 Å². The molecule has 16 rings (SSSR count). The Bertz CT molecular complexity index is 6800. The quantitative estimate of drug-likeness (QED) is 0.0360. The predicted octanol–water partition coefficient (Wildman–Crippen LogP) is 38.1. The summed E-state index contributed by atoms with van der Waals surface area (Å²) in [4.78, 5) is 20.0. The molecule has 0 bridgehead atoms. The normalized spacial score (nSPS) is 13.0. The standard InChI is InChI=1S/C32H30F6N2.2C32H38N2.C31H31F3N2/c1-19(2)25-12-8-13-26(20(3)4)30(25)40-29(21-10-6-5-7-11-21)28-15-9-14-27(39-28)22-16-23(31(33,34)35)18-24(17-22)32(36,37)38;1-21(2)24-16-11-17-25(22(3)4)30(24)34-31(32(5,6)7)29-20-12-19-28(33-29)27-18-10-14-23-13-8-9-15-26(23)27;1-7-23(6)31(34-32-25(21(2)3)16-11-17-26(32)22(4)5)30-20-12-19-29(33-30)28-18-10-14-24-13-8-9-15-27(24)28;1-20(2)25-12-8-13-26(21(3)4)30(25)36-29(23-10-6-5-7-11-23)28-15-9-14-27(35-28)22-16-18-24(19-17-22)31(32,33)34/h5-20,29,40H,1-4H3;8-22,31,34H,1-7H3;8-23,31,34H,7H2,1-6H3;5-21,29,36H,1-4H3. The Kier molecular flexibility index (Phi) is 35.3. The highest BCUT2D eigenvalue weighted by molar-refractivity contribution is 5.97. The van der Waals surface area contributed by atoms with Crippen molar-refractivity contribution in [3.8, 4) is 45.0 Å². The number of nitrogens with zero attached hydrogens (tertiary/aromatic N) is 4. The lowest BCUT2D eigenvalue weighted by Gasteiger charge is -2.34. The third-order valence-electron chi connectivity index (χ3n) is 26.8. The summed E-state index contributed by atoms with van der Waals surface area (Å²) in [5.41, 5.74) is 22.1. The van der Waals surface area contributed by atoms with Crippen LogP contribution in [0.3, 0.4) is 0 Å². The van der Waals surface area contributed by atoms with Gasteiger partial charge in [-0.1, -0.05) is 407 Å². The van der Waals surface area contributed by atoms with E-state index in [1.54, 1.807) is 12.1 Å². The first-order chi connectivity index (χ1) is 68.5. The maximum absolute atomic E-state index is 13.5. The van der Waals surface area contributed by atoms with Crippen molar-refractivity contribution in [1.29, 1.82) is 0 Å². The summed E-state index contributed by atoms with van der Waals surface area (Å²) >= 11 is 0. The van der Waals surface area contributed by atoms with Gasteiger partial charge in [0.2, 0.25) is 0 Å². The molecule has 8 nitrogen and oxygen atoms in total. The molecule has 0 radical (unpaired) electrons.